The molecule has 1 aliphatic carbocycles. The first-order chi connectivity index (χ1) is 15.6. The van der Waals surface area contributed by atoms with Crippen molar-refractivity contribution in [1.29, 1.82) is 0 Å². The molecule has 0 fully saturated rings. The van der Waals surface area contributed by atoms with E-state index in [0.29, 0.717) is 6.61 Å². The van der Waals surface area contributed by atoms with Gasteiger partial charge in [0.1, 0.15) is 25.1 Å². The van der Waals surface area contributed by atoms with Gasteiger partial charge in [-0.05, 0) is 81.7 Å². The maximum Gasteiger partial charge on any atom is 0.117 e. The van der Waals surface area contributed by atoms with Crippen molar-refractivity contribution >= 4 is 22.3 Å². The molecule has 0 radical (unpaired) electrons. The van der Waals surface area contributed by atoms with Gasteiger partial charge in [0.05, 0.1) is 16.9 Å². The van der Waals surface area contributed by atoms with Gasteiger partial charge in [-0.25, -0.2) is 4.98 Å². The summed E-state index contributed by atoms with van der Waals surface area (Å²) in [6.07, 6.45) is 4.68. The van der Waals surface area contributed by atoms with E-state index < -0.39 is 0 Å². The molecular weight excluding hydrogens is 400 g/mol. The summed E-state index contributed by atoms with van der Waals surface area (Å²) >= 11 is 0. The fraction of sp³-hybridized carbons (Fsp3) is 0.385. The van der Waals surface area contributed by atoms with Crippen LogP contribution in [0.1, 0.15) is 60.0 Å². The molecule has 0 saturated heterocycles. The molecule has 0 unspecified atom stereocenters. The van der Waals surface area contributed by atoms with E-state index in [1.54, 1.807) is 0 Å². The van der Waals surface area contributed by atoms with Crippen LogP contribution in [0, 0.1) is 13.8 Å². The molecule has 0 saturated carbocycles. The van der Waals surface area contributed by atoms with Crippen LogP contribution in [0.25, 0.3) is 10.9 Å². The van der Waals surface area contributed by atoms with Crippen LogP contribution in [0.5, 0.6) is 0 Å². The predicted molar refractivity (Wildman–Crippen MR) is 128 cm³/mol. The molecule has 1 aliphatic rings. The van der Waals surface area contributed by atoms with E-state index >= 15 is 0 Å². The van der Waals surface area contributed by atoms with Crippen LogP contribution in [-0.2, 0) is 22.5 Å². The molecule has 2 heterocycles. The van der Waals surface area contributed by atoms with Gasteiger partial charge in [0, 0.05) is 11.1 Å². The average molecular weight is 431 g/mol. The quantitative estimate of drug-likeness (QED) is 0.289. The highest BCUT2D eigenvalue weighted by molar-refractivity contribution is 6.03. The Morgan fingerprint density at radius 2 is 1.91 bits per heavy atom. The molecule has 3 aromatic rings. The summed E-state index contributed by atoms with van der Waals surface area (Å²) in [5.74, 6) is 0. The molecule has 6 heteroatoms. The van der Waals surface area contributed by atoms with Crippen molar-refractivity contribution in [2.24, 2.45) is 10.3 Å². The lowest BCUT2D eigenvalue weighted by Gasteiger charge is -2.20. The highest BCUT2D eigenvalue weighted by Gasteiger charge is 2.22. The Morgan fingerprint density at radius 1 is 1.06 bits per heavy atom. The van der Waals surface area contributed by atoms with Crippen molar-refractivity contribution in [1.82, 2.24) is 9.97 Å². The summed E-state index contributed by atoms with van der Waals surface area (Å²) in [4.78, 5) is 20.2. The Hall–Kier alpha value is -3.28. The molecule has 0 bridgehead atoms. The first-order valence-electron chi connectivity index (χ1n) is 11.2. The van der Waals surface area contributed by atoms with Gasteiger partial charge in [-0.1, -0.05) is 34.6 Å². The summed E-state index contributed by atoms with van der Waals surface area (Å²) < 4.78 is 0. The zero-order valence-electron chi connectivity index (χ0n) is 19.3. The molecule has 0 spiro atoms. The van der Waals surface area contributed by atoms with Crippen molar-refractivity contribution in [2.75, 3.05) is 13.7 Å². The molecule has 0 N–H and O–H groups in total. The monoisotopic (exact) mass is 430 g/mol. The second kappa shape index (κ2) is 9.90. The van der Waals surface area contributed by atoms with E-state index in [0.717, 1.165) is 66.1 Å². The fourth-order valence-electron chi connectivity index (χ4n) is 4.26. The van der Waals surface area contributed by atoms with E-state index in [1.807, 2.05) is 25.1 Å². The average Bonchev–Trinajstić information content (AvgIpc) is 2.80. The molecule has 0 atom stereocenters. The first kappa shape index (κ1) is 21.9. The van der Waals surface area contributed by atoms with Crippen LogP contribution in [0.15, 0.2) is 46.7 Å². The molecule has 4 rings (SSSR count). The number of hydrogen-bond acceptors (Lipinski definition) is 6. The molecule has 0 amide bonds. The van der Waals surface area contributed by atoms with Gasteiger partial charge < -0.3 is 9.68 Å². The third kappa shape index (κ3) is 4.64. The van der Waals surface area contributed by atoms with E-state index in [2.05, 4.69) is 47.3 Å². The number of nitrogens with zero attached hydrogens (tertiary/aromatic N) is 4. The van der Waals surface area contributed by atoms with Gasteiger partial charge >= 0.3 is 0 Å². The number of pyridine rings is 2. The predicted octanol–water partition coefficient (Wildman–Crippen LogP) is 5.31. The zero-order valence-corrected chi connectivity index (χ0v) is 19.3. The zero-order chi connectivity index (χ0) is 22.5. The molecule has 32 heavy (non-hydrogen) atoms. The number of benzene rings is 1. The SMILES string of the molecule is CON=C(C)c1cccc(CCCON=C2CCCc3c2nc2c(C)cccc2c3C)n1. The molecule has 1 aromatic carbocycles. The van der Waals surface area contributed by atoms with Crippen molar-refractivity contribution in [3.63, 3.8) is 0 Å². The second-order valence-corrected chi connectivity index (χ2v) is 8.24. The van der Waals surface area contributed by atoms with Crippen molar-refractivity contribution in [2.45, 2.75) is 52.9 Å². The topological polar surface area (TPSA) is 69.0 Å². The lowest BCUT2D eigenvalue weighted by molar-refractivity contribution is 0.141. The van der Waals surface area contributed by atoms with Crippen LogP contribution in [-0.4, -0.2) is 35.1 Å². The Kier molecular flexibility index (Phi) is 6.78. The standard InChI is InChI=1S/C26H30N4O2/c1-17-9-5-12-21-18(2)22-13-7-15-24(26(22)28-25(17)21)30-32-16-8-11-20-10-6-14-23(27-20)19(3)29-31-4/h5-6,9-10,12,14H,7-8,11,13,15-16H2,1-4H3. The highest BCUT2D eigenvalue weighted by atomic mass is 16.6. The van der Waals surface area contributed by atoms with E-state index in [4.69, 9.17) is 14.7 Å². The normalized spacial score (nSPS) is 15.1. The summed E-state index contributed by atoms with van der Waals surface area (Å²) in [7, 11) is 1.54. The minimum absolute atomic E-state index is 0.543. The Morgan fingerprint density at radius 3 is 2.75 bits per heavy atom. The number of rotatable bonds is 7. The third-order valence-electron chi connectivity index (χ3n) is 5.97. The largest absolute Gasteiger partial charge is 0.399 e. The van der Waals surface area contributed by atoms with Crippen LogP contribution in [0.3, 0.4) is 0 Å². The minimum atomic E-state index is 0.543. The van der Waals surface area contributed by atoms with Crippen LogP contribution < -0.4 is 0 Å². The van der Waals surface area contributed by atoms with Crippen molar-refractivity contribution in [3.8, 4) is 0 Å². The molecule has 166 valence electrons. The lowest BCUT2D eigenvalue weighted by atomic mass is 9.89. The summed E-state index contributed by atoms with van der Waals surface area (Å²) in [6, 6.07) is 12.3. The smallest absolute Gasteiger partial charge is 0.117 e. The summed E-state index contributed by atoms with van der Waals surface area (Å²) in [5, 5.41) is 9.70. The van der Waals surface area contributed by atoms with Crippen molar-refractivity contribution < 1.29 is 9.68 Å². The molecule has 0 aliphatic heterocycles. The maximum absolute atomic E-state index is 5.73. The van der Waals surface area contributed by atoms with Crippen LogP contribution >= 0.6 is 0 Å². The van der Waals surface area contributed by atoms with Gasteiger partial charge in [-0.15, -0.1) is 0 Å². The van der Waals surface area contributed by atoms with Gasteiger partial charge in [0.15, 0.2) is 0 Å². The van der Waals surface area contributed by atoms with Gasteiger partial charge in [-0.2, -0.15) is 0 Å². The highest BCUT2D eigenvalue weighted by Crippen LogP contribution is 2.30. The van der Waals surface area contributed by atoms with E-state index in [-0.39, 0.29) is 0 Å². The Labute approximate surface area is 189 Å². The number of aryl methyl sites for hydroxylation is 3. The molecule has 6 nitrogen and oxygen atoms in total. The van der Waals surface area contributed by atoms with E-state index in [1.165, 1.54) is 29.2 Å². The first-order valence-corrected chi connectivity index (χ1v) is 11.2. The number of aromatic nitrogens is 2. The Bertz CT molecular complexity index is 1180. The van der Waals surface area contributed by atoms with Gasteiger partial charge in [0.25, 0.3) is 0 Å². The van der Waals surface area contributed by atoms with Crippen LogP contribution in [0.2, 0.25) is 0 Å². The second-order valence-electron chi connectivity index (χ2n) is 8.24. The van der Waals surface area contributed by atoms with Gasteiger partial charge in [0.2, 0.25) is 0 Å². The summed E-state index contributed by atoms with van der Waals surface area (Å²) in [6.45, 7) is 6.74. The number of oxime groups is 2. The third-order valence-corrected chi connectivity index (χ3v) is 5.97. The van der Waals surface area contributed by atoms with Crippen molar-refractivity contribution in [3.05, 3.63) is 70.2 Å². The maximum atomic E-state index is 5.73. The van der Waals surface area contributed by atoms with Gasteiger partial charge in [-0.3, -0.25) is 4.98 Å². The van der Waals surface area contributed by atoms with Crippen LogP contribution in [0.4, 0.5) is 0 Å². The summed E-state index contributed by atoms with van der Waals surface area (Å²) in [5.41, 5.74) is 9.46. The molecular formula is C26H30N4O2. The van der Waals surface area contributed by atoms with E-state index in [9.17, 15) is 0 Å². The Balaban J connectivity index is 1.43. The fourth-order valence-corrected chi connectivity index (χ4v) is 4.26. The number of fused-ring (bicyclic) bond motifs is 2. The minimum Gasteiger partial charge on any atom is -0.399 e. The number of para-hydroxylation sites is 1. The number of hydrogen-bond donors (Lipinski definition) is 0. The lowest BCUT2D eigenvalue weighted by Crippen LogP contribution is -2.17. The molecule has 2 aromatic heterocycles.